The second-order valence-electron chi connectivity index (χ2n) is 7.28. The molecule has 0 radical (unpaired) electrons. The molecular formula is C20H21FN2O4. The van der Waals surface area contributed by atoms with Crippen molar-refractivity contribution in [2.75, 3.05) is 13.1 Å². The van der Waals surface area contributed by atoms with E-state index in [1.54, 1.807) is 18.7 Å². The Morgan fingerprint density at radius 2 is 2.15 bits per heavy atom. The van der Waals surface area contributed by atoms with Crippen molar-refractivity contribution < 1.29 is 23.2 Å². The van der Waals surface area contributed by atoms with Crippen LogP contribution in [0.2, 0.25) is 0 Å². The molecule has 0 aliphatic carbocycles. The number of carbonyl (C=O) groups excluding carboxylic acids is 2. The number of halogens is 1. The SMILES string of the molecule is Cc1noc(C)c1C(=O)N1CCC[C@@H]([C@@H]2CC(=O)c3cc(F)ccc3O2)C1. The minimum Gasteiger partial charge on any atom is -0.489 e. The molecule has 3 heterocycles. The van der Waals surface area contributed by atoms with Crippen LogP contribution in [-0.2, 0) is 0 Å². The summed E-state index contributed by atoms with van der Waals surface area (Å²) in [5, 5.41) is 3.86. The van der Waals surface area contributed by atoms with E-state index in [2.05, 4.69) is 5.16 Å². The van der Waals surface area contributed by atoms with Crippen LogP contribution in [0.15, 0.2) is 22.7 Å². The number of piperidine rings is 1. The Morgan fingerprint density at radius 1 is 1.33 bits per heavy atom. The van der Waals surface area contributed by atoms with Gasteiger partial charge in [0.1, 0.15) is 29.0 Å². The van der Waals surface area contributed by atoms with Crippen molar-refractivity contribution >= 4 is 11.7 Å². The van der Waals surface area contributed by atoms with Crippen molar-refractivity contribution in [2.45, 2.75) is 39.2 Å². The maximum Gasteiger partial charge on any atom is 0.259 e. The fourth-order valence-corrected chi connectivity index (χ4v) is 4.03. The van der Waals surface area contributed by atoms with Gasteiger partial charge in [0.25, 0.3) is 5.91 Å². The first-order valence-electron chi connectivity index (χ1n) is 9.15. The number of hydrogen-bond acceptors (Lipinski definition) is 5. The van der Waals surface area contributed by atoms with E-state index in [9.17, 15) is 14.0 Å². The molecule has 0 saturated carbocycles. The van der Waals surface area contributed by atoms with Gasteiger partial charge in [0.2, 0.25) is 0 Å². The van der Waals surface area contributed by atoms with Crippen molar-refractivity contribution in [3.05, 3.63) is 46.6 Å². The lowest BCUT2D eigenvalue weighted by molar-refractivity contribution is 0.0407. The van der Waals surface area contributed by atoms with E-state index in [1.165, 1.54) is 18.2 Å². The van der Waals surface area contributed by atoms with Gasteiger partial charge in [-0.15, -0.1) is 0 Å². The number of rotatable bonds is 2. The lowest BCUT2D eigenvalue weighted by Gasteiger charge is -2.38. The third-order valence-corrected chi connectivity index (χ3v) is 5.43. The average Bonchev–Trinajstić information content (AvgIpc) is 3.00. The van der Waals surface area contributed by atoms with E-state index < -0.39 is 5.82 Å². The highest BCUT2D eigenvalue weighted by Gasteiger charge is 2.37. The smallest absolute Gasteiger partial charge is 0.259 e. The van der Waals surface area contributed by atoms with Gasteiger partial charge in [0.05, 0.1) is 11.3 Å². The van der Waals surface area contributed by atoms with Crippen LogP contribution in [0.4, 0.5) is 4.39 Å². The normalized spacial score (nSPS) is 22.3. The van der Waals surface area contributed by atoms with Crippen molar-refractivity contribution in [1.82, 2.24) is 10.1 Å². The minimum absolute atomic E-state index is 0.0466. The summed E-state index contributed by atoms with van der Waals surface area (Å²) in [5.41, 5.74) is 1.39. The molecule has 1 aromatic carbocycles. The van der Waals surface area contributed by atoms with E-state index in [-0.39, 0.29) is 30.1 Å². The number of ketones is 1. The maximum atomic E-state index is 13.4. The highest BCUT2D eigenvalue weighted by Crippen LogP contribution is 2.34. The summed E-state index contributed by atoms with van der Waals surface area (Å²) in [6, 6.07) is 4.02. The molecule has 2 aliphatic rings. The van der Waals surface area contributed by atoms with E-state index in [4.69, 9.17) is 9.26 Å². The van der Waals surface area contributed by atoms with Crippen molar-refractivity contribution in [1.29, 1.82) is 0 Å². The lowest BCUT2D eigenvalue weighted by atomic mass is 9.86. The van der Waals surface area contributed by atoms with Crippen molar-refractivity contribution in [3.8, 4) is 5.75 Å². The molecule has 7 heteroatoms. The summed E-state index contributed by atoms with van der Waals surface area (Å²) in [6.45, 7) is 4.65. The lowest BCUT2D eigenvalue weighted by Crippen LogP contribution is -2.46. The summed E-state index contributed by atoms with van der Waals surface area (Å²) < 4.78 is 24.5. The van der Waals surface area contributed by atoms with Gasteiger partial charge in [-0.2, -0.15) is 0 Å². The Morgan fingerprint density at radius 3 is 2.89 bits per heavy atom. The Labute approximate surface area is 156 Å². The Hall–Kier alpha value is -2.70. The number of benzene rings is 1. The standard InChI is InChI=1S/C20H21FN2O4/c1-11-19(12(2)27-22-11)20(25)23-7-3-4-13(10-23)18-9-16(24)15-8-14(21)5-6-17(15)26-18/h5-6,8,13,18H,3-4,7,9-10H2,1-2H3/t13-,18+/m1/s1. The molecule has 1 saturated heterocycles. The topological polar surface area (TPSA) is 72.6 Å². The molecule has 2 aliphatic heterocycles. The number of nitrogens with zero attached hydrogens (tertiary/aromatic N) is 2. The third kappa shape index (κ3) is 3.22. The second kappa shape index (κ2) is 6.79. The Bertz CT molecular complexity index is 888. The van der Waals surface area contributed by atoms with E-state index in [0.29, 0.717) is 41.4 Å². The summed E-state index contributed by atoms with van der Waals surface area (Å²) >= 11 is 0. The number of aromatic nitrogens is 1. The molecule has 6 nitrogen and oxygen atoms in total. The third-order valence-electron chi connectivity index (χ3n) is 5.43. The molecular weight excluding hydrogens is 351 g/mol. The van der Waals surface area contributed by atoms with Crippen LogP contribution < -0.4 is 4.74 Å². The molecule has 142 valence electrons. The maximum absolute atomic E-state index is 13.4. The fourth-order valence-electron chi connectivity index (χ4n) is 4.03. The quantitative estimate of drug-likeness (QED) is 0.809. The summed E-state index contributed by atoms with van der Waals surface area (Å²) in [7, 11) is 0. The fraction of sp³-hybridized carbons (Fsp3) is 0.450. The molecule has 0 bridgehead atoms. The van der Waals surface area contributed by atoms with E-state index in [0.717, 1.165) is 12.8 Å². The van der Waals surface area contributed by atoms with Crippen LogP contribution in [0.5, 0.6) is 5.75 Å². The van der Waals surface area contributed by atoms with Crippen molar-refractivity contribution in [2.24, 2.45) is 5.92 Å². The Balaban J connectivity index is 1.51. The summed E-state index contributed by atoms with van der Waals surface area (Å²) in [4.78, 5) is 27.1. The first-order valence-corrected chi connectivity index (χ1v) is 9.15. The van der Waals surface area contributed by atoms with Gasteiger partial charge >= 0.3 is 0 Å². The number of Topliss-reactive ketones (excluding diaryl/α,β-unsaturated/α-hetero) is 1. The predicted octanol–water partition coefficient (Wildman–Crippen LogP) is 3.32. The zero-order chi connectivity index (χ0) is 19.1. The number of hydrogen-bond donors (Lipinski definition) is 0. The van der Waals surface area contributed by atoms with Crippen LogP contribution in [-0.4, -0.2) is 40.9 Å². The molecule has 4 rings (SSSR count). The molecule has 1 fully saturated rings. The molecule has 27 heavy (non-hydrogen) atoms. The molecule has 1 amide bonds. The number of aryl methyl sites for hydroxylation is 2. The molecule has 0 unspecified atom stereocenters. The molecule has 0 N–H and O–H groups in total. The van der Waals surface area contributed by atoms with Gasteiger partial charge in [-0.25, -0.2) is 4.39 Å². The number of likely N-dealkylation sites (tertiary alicyclic amines) is 1. The summed E-state index contributed by atoms with van der Waals surface area (Å²) in [5.74, 6) is 0.324. The summed E-state index contributed by atoms with van der Waals surface area (Å²) in [6.07, 6.45) is 1.61. The number of carbonyl (C=O) groups is 2. The molecule has 2 aromatic rings. The first-order chi connectivity index (χ1) is 12.9. The van der Waals surface area contributed by atoms with Crippen LogP contribution in [0.3, 0.4) is 0 Å². The van der Waals surface area contributed by atoms with Gasteiger partial charge in [-0.05, 0) is 44.9 Å². The molecule has 2 atom stereocenters. The Kier molecular flexibility index (Phi) is 4.45. The molecule has 0 spiro atoms. The monoisotopic (exact) mass is 372 g/mol. The average molecular weight is 372 g/mol. The van der Waals surface area contributed by atoms with Gasteiger partial charge in [-0.1, -0.05) is 5.16 Å². The number of amides is 1. The second-order valence-corrected chi connectivity index (χ2v) is 7.28. The van der Waals surface area contributed by atoms with Gasteiger partial charge in [-0.3, -0.25) is 9.59 Å². The van der Waals surface area contributed by atoms with Gasteiger partial charge in [0.15, 0.2) is 5.78 Å². The van der Waals surface area contributed by atoms with Gasteiger partial charge < -0.3 is 14.2 Å². The number of fused-ring (bicyclic) bond motifs is 1. The highest BCUT2D eigenvalue weighted by atomic mass is 19.1. The van der Waals surface area contributed by atoms with Crippen molar-refractivity contribution in [3.63, 3.8) is 0 Å². The van der Waals surface area contributed by atoms with E-state index >= 15 is 0 Å². The highest BCUT2D eigenvalue weighted by molar-refractivity contribution is 6.00. The largest absolute Gasteiger partial charge is 0.489 e. The van der Waals surface area contributed by atoms with Gasteiger partial charge in [0, 0.05) is 25.4 Å². The van der Waals surface area contributed by atoms with Crippen LogP contribution in [0.25, 0.3) is 0 Å². The molecule has 1 aromatic heterocycles. The predicted molar refractivity (Wildman–Crippen MR) is 94.4 cm³/mol. The first kappa shape index (κ1) is 17.7. The zero-order valence-electron chi connectivity index (χ0n) is 15.3. The zero-order valence-corrected chi connectivity index (χ0v) is 15.3. The van der Waals surface area contributed by atoms with E-state index in [1.807, 2.05) is 0 Å². The van der Waals surface area contributed by atoms with Crippen LogP contribution >= 0.6 is 0 Å². The van der Waals surface area contributed by atoms with Crippen LogP contribution in [0, 0.1) is 25.6 Å². The van der Waals surface area contributed by atoms with Crippen LogP contribution in [0.1, 0.15) is 51.4 Å². The minimum atomic E-state index is -0.446. The number of ether oxygens (including phenoxy) is 1.